The Morgan fingerprint density at radius 3 is 2.72 bits per heavy atom. The molecule has 0 unspecified atom stereocenters. The Hall–Kier alpha value is -0.730. The van der Waals surface area contributed by atoms with Crippen molar-refractivity contribution >= 4 is 5.91 Å². The van der Waals surface area contributed by atoms with E-state index in [2.05, 4.69) is 15.1 Å². The third-order valence-electron chi connectivity index (χ3n) is 6.57. The van der Waals surface area contributed by atoms with Gasteiger partial charge in [0.15, 0.2) is 0 Å². The second-order valence-electron chi connectivity index (χ2n) is 9.45. The molecule has 2 heterocycles. The Bertz CT molecular complexity index is 498. The zero-order chi connectivity index (χ0) is 20.6. The van der Waals surface area contributed by atoms with Crippen LogP contribution in [0.15, 0.2) is 0 Å². The van der Waals surface area contributed by atoms with E-state index in [-0.39, 0.29) is 24.2 Å². The lowest BCUT2D eigenvalue weighted by Gasteiger charge is -2.45. The SMILES string of the molecule is CN(C)CCCNC(=O)C[C@H]1CC[C@H]2[C@@H](COC[C@@H](O)CN2CC2CCCC2)O1. The van der Waals surface area contributed by atoms with E-state index in [1.165, 1.54) is 25.7 Å². The van der Waals surface area contributed by atoms with Gasteiger partial charge in [-0.15, -0.1) is 0 Å². The monoisotopic (exact) mass is 411 g/mol. The summed E-state index contributed by atoms with van der Waals surface area (Å²) in [5.74, 6) is 0.825. The number of carbonyl (C=O) groups is 1. The standard InChI is InChI=1S/C22H41N3O4/c1-24(2)11-5-10-23-22(27)12-19-8-9-20-21(29-19)16-28-15-18(26)14-25(20)13-17-6-3-4-7-17/h17-21,26H,3-16H2,1-2H3,(H,23,27)/t18-,19+,20-,21+/m0/s1. The van der Waals surface area contributed by atoms with Gasteiger partial charge in [0.05, 0.1) is 37.9 Å². The molecule has 1 saturated carbocycles. The van der Waals surface area contributed by atoms with Crippen LogP contribution in [0.3, 0.4) is 0 Å². The molecule has 0 bridgehead atoms. The van der Waals surface area contributed by atoms with E-state index >= 15 is 0 Å². The molecule has 3 fully saturated rings. The van der Waals surface area contributed by atoms with Gasteiger partial charge in [0.2, 0.25) is 5.91 Å². The van der Waals surface area contributed by atoms with Crippen molar-refractivity contribution in [2.75, 3.05) is 53.5 Å². The fraction of sp³-hybridized carbons (Fsp3) is 0.955. The molecule has 2 saturated heterocycles. The zero-order valence-corrected chi connectivity index (χ0v) is 18.4. The first-order chi connectivity index (χ1) is 14.0. The molecule has 2 N–H and O–H groups in total. The van der Waals surface area contributed by atoms with Gasteiger partial charge in [-0.05, 0) is 58.7 Å². The van der Waals surface area contributed by atoms with E-state index in [1.54, 1.807) is 0 Å². The molecular formula is C22H41N3O4. The Morgan fingerprint density at radius 1 is 1.17 bits per heavy atom. The van der Waals surface area contributed by atoms with Gasteiger partial charge in [-0.1, -0.05) is 12.8 Å². The number of rotatable bonds is 8. The maximum atomic E-state index is 12.3. The summed E-state index contributed by atoms with van der Waals surface area (Å²) in [5, 5.41) is 13.3. The number of ether oxygens (including phenoxy) is 2. The van der Waals surface area contributed by atoms with Gasteiger partial charge >= 0.3 is 0 Å². The van der Waals surface area contributed by atoms with Crippen molar-refractivity contribution in [3.05, 3.63) is 0 Å². The third kappa shape index (κ3) is 7.47. The highest BCUT2D eigenvalue weighted by Crippen LogP contribution is 2.31. The van der Waals surface area contributed by atoms with E-state index in [1.807, 2.05) is 14.1 Å². The highest BCUT2D eigenvalue weighted by atomic mass is 16.5. The van der Waals surface area contributed by atoms with Crippen LogP contribution in [0.5, 0.6) is 0 Å². The minimum atomic E-state index is -0.428. The molecule has 0 aromatic heterocycles. The Morgan fingerprint density at radius 2 is 1.97 bits per heavy atom. The van der Waals surface area contributed by atoms with Gasteiger partial charge in [-0.25, -0.2) is 0 Å². The lowest BCUT2D eigenvalue weighted by atomic mass is 9.93. The molecule has 1 amide bonds. The molecule has 29 heavy (non-hydrogen) atoms. The number of hydrogen-bond donors (Lipinski definition) is 2. The van der Waals surface area contributed by atoms with Crippen LogP contribution in [-0.2, 0) is 14.3 Å². The molecule has 7 heteroatoms. The van der Waals surface area contributed by atoms with Gasteiger partial charge in [-0.3, -0.25) is 9.69 Å². The number of fused-ring (bicyclic) bond motifs is 1. The minimum Gasteiger partial charge on any atom is -0.389 e. The molecular weight excluding hydrogens is 370 g/mol. The van der Waals surface area contributed by atoms with Crippen molar-refractivity contribution in [2.45, 2.75) is 75.7 Å². The van der Waals surface area contributed by atoms with Crippen molar-refractivity contribution < 1.29 is 19.4 Å². The molecule has 0 aromatic rings. The molecule has 3 aliphatic rings. The number of aliphatic hydroxyl groups excluding tert-OH is 1. The van der Waals surface area contributed by atoms with Crippen LogP contribution in [0.25, 0.3) is 0 Å². The van der Waals surface area contributed by atoms with Gasteiger partial charge < -0.3 is 24.8 Å². The molecule has 0 spiro atoms. The fourth-order valence-corrected chi connectivity index (χ4v) is 5.08. The first kappa shape index (κ1) is 22.9. The van der Waals surface area contributed by atoms with E-state index in [0.29, 0.717) is 32.7 Å². The van der Waals surface area contributed by atoms with Crippen molar-refractivity contribution in [1.29, 1.82) is 0 Å². The average Bonchev–Trinajstić information content (AvgIpc) is 3.17. The highest BCUT2D eigenvalue weighted by Gasteiger charge is 2.38. The van der Waals surface area contributed by atoms with E-state index in [4.69, 9.17) is 9.47 Å². The number of hydrogen-bond acceptors (Lipinski definition) is 6. The van der Waals surface area contributed by atoms with E-state index in [0.717, 1.165) is 38.3 Å². The first-order valence-electron chi connectivity index (χ1n) is 11.6. The summed E-state index contributed by atoms with van der Waals surface area (Å²) in [5.41, 5.74) is 0. The number of amides is 1. The lowest BCUT2D eigenvalue weighted by Crippen LogP contribution is -2.56. The van der Waals surface area contributed by atoms with Crippen LogP contribution in [0, 0.1) is 5.92 Å². The number of carbonyl (C=O) groups excluding carboxylic acids is 1. The molecule has 3 rings (SSSR count). The lowest BCUT2D eigenvalue weighted by molar-refractivity contribution is -0.158. The molecule has 0 radical (unpaired) electrons. The third-order valence-corrected chi connectivity index (χ3v) is 6.57. The highest BCUT2D eigenvalue weighted by molar-refractivity contribution is 5.76. The van der Waals surface area contributed by atoms with Crippen molar-refractivity contribution in [1.82, 2.24) is 15.1 Å². The Balaban J connectivity index is 1.49. The normalized spacial score (nSPS) is 32.0. The summed E-state index contributed by atoms with van der Waals surface area (Å²) in [4.78, 5) is 16.9. The summed E-state index contributed by atoms with van der Waals surface area (Å²) in [6.07, 6.45) is 8.09. The van der Waals surface area contributed by atoms with Crippen LogP contribution in [0.1, 0.15) is 51.4 Å². The van der Waals surface area contributed by atoms with Crippen LogP contribution >= 0.6 is 0 Å². The predicted octanol–water partition coefficient (Wildman–Crippen LogP) is 1.24. The summed E-state index contributed by atoms with van der Waals surface area (Å²) >= 11 is 0. The van der Waals surface area contributed by atoms with Gasteiger partial charge in [-0.2, -0.15) is 0 Å². The number of β-amino-alcohol motifs (C(OH)–C–C–N with tert-alkyl or cyclic N) is 1. The van der Waals surface area contributed by atoms with Crippen LogP contribution < -0.4 is 5.32 Å². The number of nitrogens with zero attached hydrogens (tertiary/aromatic N) is 2. The molecule has 0 aromatic carbocycles. The van der Waals surface area contributed by atoms with Gasteiger partial charge in [0.1, 0.15) is 0 Å². The van der Waals surface area contributed by atoms with E-state index < -0.39 is 6.10 Å². The number of nitrogens with one attached hydrogen (secondary N) is 1. The average molecular weight is 412 g/mol. The number of aliphatic hydroxyl groups is 1. The first-order valence-corrected chi connectivity index (χ1v) is 11.6. The van der Waals surface area contributed by atoms with E-state index in [9.17, 15) is 9.90 Å². The smallest absolute Gasteiger partial charge is 0.222 e. The van der Waals surface area contributed by atoms with Crippen molar-refractivity contribution in [3.63, 3.8) is 0 Å². The van der Waals surface area contributed by atoms with Gasteiger partial charge in [0, 0.05) is 25.7 Å². The largest absolute Gasteiger partial charge is 0.389 e. The second kappa shape index (κ2) is 11.6. The topological polar surface area (TPSA) is 74.3 Å². The summed E-state index contributed by atoms with van der Waals surface area (Å²) in [7, 11) is 4.08. The predicted molar refractivity (Wildman–Crippen MR) is 113 cm³/mol. The summed E-state index contributed by atoms with van der Waals surface area (Å²) in [6, 6.07) is 0.282. The summed E-state index contributed by atoms with van der Waals surface area (Å²) in [6.45, 7) is 4.28. The van der Waals surface area contributed by atoms with Crippen molar-refractivity contribution in [2.24, 2.45) is 5.92 Å². The van der Waals surface area contributed by atoms with Gasteiger partial charge in [0.25, 0.3) is 0 Å². The molecule has 7 nitrogen and oxygen atoms in total. The maximum absolute atomic E-state index is 12.3. The maximum Gasteiger partial charge on any atom is 0.222 e. The Kier molecular flexibility index (Phi) is 9.18. The molecule has 168 valence electrons. The summed E-state index contributed by atoms with van der Waals surface area (Å²) < 4.78 is 12.1. The fourth-order valence-electron chi connectivity index (χ4n) is 5.08. The zero-order valence-electron chi connectivity index (χ0n) is 18.4. The van der Waals surface area contributed by atoms with Crippen LogP contribution in [0.2, 0.25) is 0 Å². The minimum absolute atomic E-state index is 0.0100. The molecule has 2 aliphatic heterocycles. The quantitative estimate of drug-likeness (QED) is 0.586. The molecule has 4 atom stereocenters. The van der Waals surface area contributed by atoms with Crippen molar-refractivity contribution in [3.8, 4) is 0 Å². The second-order valence-corrected chi connectivity index (χ2v) is 9.45. The van der Waals surface area contributed by atoms with Crippen LogP contribution in [0.4, 0.5) is 0 Å². The Labute approximate surface area is 176 Å². The molecule has 1 aliphatic carbocycles. The van der Waals surface area contributed by atoms with Crippen LogP contribution in [-0.4, -0.2) is 98.7 Å².